The molecule has 0 saturated heterocycles. The third-order valence-electron chi connectivity index (χ3n) is 2.35. The first-order chi connectivity index (χ1) is 8.70. The zero-order valence-corrected chi connectivity index (χ0v) is 10.1. The van der Waals surface area contributed by atoms with Crippen molar-refractivity contribution in [2.75, 3.05) is 11.1 Å². The van der Waals surface area contributed by atoms with Gasteiger partial charge in [0.05, 0.1) is 11.6 Å². The van der Waals surface area contributed by atoms with E-state index in [4.69, 9.17) is 22.6 Å². The molecule has 0 fully saturated rings. The number of aromatic nitrogens is 2. The largest absolute Gasteiger partial charge is 0.393 e. The molecule has 0 unspecified atom stereocenters. The first kappa shape index (κ1) is 12.1. The zero-order valence-electron chi connectivity index (χ0n) is 9.39. The van der Waals surface area contributed by atoms with Crippen LogP contribution in [-0.4, -0.2) is 9.97 Å². The van der Waals surface area contributed by atoms with Crippen molar-refractivity contribution in [1.29, 1.82) is 5.26 Å². The van der Waals surface area contributed by atoms with E-state index in [9.17, 15) is 0 Å². The Balaban J connectivity index is 2.12. The zero-order chi connectivity index (χ0) is 13.0. The Kier molecular flexibility index (Phi) is 3.60. The van der Waals surface area contributed by atoms with Crippen LogP contribution in [0, 0.1) is 11.3 Å². The standard InChI is InChI=1S/C12H10ClN5/c13-11-10(15)12(18-7-17-11)16-6-9-3-1-2-8(4-9)5-14/h1-4,7H,6,15H2,(H,16,17,18). The van der Waals surface area contributed by atoms with E-state index in [1.807, 2.05) is 12.1 Å². The minimum Gasteiger partial charge on any atom is -0.393 e. The van der Waals surface area contributed by atoms with Crippen LogP contribution in [0.1, 0.15) is 11.1 Å². The second-order valence-corrected chi connectivity index (χ2v) is 3.95. The quantitative estimate of drug-likeness (QED) is 0.825. The molecule has 0 atom stereocenters. The highest BCUT2D eigenvalue weighted by atomic mass is 35.5. The van der Waals surface area contributed by atoms with Crippen molar-refractivity contribution in [1.82, 2.24) is 9.97 Å². The maximum atomic E-state index is 8.80. The molecule has 0 aliphatic rings. The number of halogens is 1. The van der Waals surface area contributed by atoms with Crippen molar-refractivity contribution in [2.45, 2.75) is 6.54 Å². The lowest BCUT2D eigenvalue weighted by Crippen LogP contribution is -2.05. The Morgan fingerprint density at radius 1 is 1.39 bits per heavy atom. The Morgan fingerprint density at radius 3 is 3.00 bits per heavy atom. The Bertz CT molecular complexity index is 606. The summed E-state index contributed by atoms with van der Waals surface area (Å²) < 4.78 is 0. The van der Waals surface area contributed by atoms with Crippen LogP contribution in [0.5, 0.6) is 0 Å². The van der Waals surface area contributed by atoms with Crippen LogP contribution in [-0.2, 0) is 6.54 Å². The third kappa shape index (κ3) is 2.67. The molecule has 0 amide bonds. The number of benzene rings is 1. The van der Waals surface area contributed by atoms with Gasteiger partial charge in [-0.15, -0.1) is 0 Å². The van der Waals surface area contributed by atoms with E-state index < -0.39 is 0 Å². The van der Waals surface area contributed by atoms with Gasteiger partial charge >= 0.3 is 0 Å². The number of nitrogens with zero attached hydrogens (tertiary/aromatic N) is 3. The highest BCUT2D eigenvalue weighted by Gasteiger charge is 2.05. The molecule has 0 bridgehead atoms. The van der Waals surface area contributed by atoms with Gasteiger partial charge in [-0.25, -0.2) is 9.97 Å². The summed E-state index contributed by atoms with van der Waals surface area (Å²) in [5, 5.41) is 12.1. The van der Waals surface area contributed by atoms with Crippen molar-refractivity contribution in [3.63, 3.8) is 0 Å². The number of nitrogen functional groups attached to an aromatic ring is 1. The Labute approximate surface area is 109 Å². The topological polar surface area (TPSA) is 87.6 Å². The summed E-state index contributed by atoms with van der Waals surface area (Å²) in [6, 6.07) is 9.37. The normalized spacial score (nSPS) is 9.78. The number of anilines is 2. The summed E-state index contributed by atoms with van der Waals surface area (Å²) in [7, 11) is 0. The molecule has 5 nitrogen and oxygen atoms in total. The number of nitrogens with two attached hydrogens (primary N) is 1. The smallest absolute Gasteiger partial charge is 0.157 e. The van der Waals surface area contributed by atoms with Gasteiger partial charge < -0.3 is 11.1 Å². The lowest BCUT2D eigenvalue weighted by atomic mass is 10.1. The molecule has 0 saturated carbocycles. The lowest BCUT2D eigenvalue weighted by molar-refractivity contribution is 1.08. The number of hydrogen-bond donors (Lipinski definition) is 2. The molecule has 0 spiro atoms. The number of hydrogen-bond acceptors (Lipinski definition) is 5. The van der Waals surface area contributed by atoms with Gasteiger partial charge in [-0.05, 0) is 17.7 Å². The molecule has 1 aromatic heterocycles. The molecule has 2 aromatic rings. The molecule has 0 aliphatic carbocycles. The van der Waals surface area contributed by atoms with Crippen LogP contribution in [0.2, 0.25) is 5.15 Å². The predicted molar refractivity (Wildman–Crippen MR) is 69.9 cm³/mol. The number of rotatable bonds is 3. The molecule has 3 N–H and O–H groups in total. The number of nitriles is 1. The highest BCUT2D eigenvalue weighted by Crippen LogP contribution is 2.22. The maximum Gasteiger partial charge on any atom is 0.157 e. The fraction of sp³-hybridized carbons (Fsp3) is 0.0833. The molecule has 0 aliphatic heterocycles. The summed E-state index contributed by atoms with van der Waals surface area (Å²) in [6.07, 6.45) is 1.34. The molecule has 90 valence electrons. The summed E-state index contributed by atoms with van der Waals surface area (Å²) >= 11 is 5.78. The SMILES string of the molecule is N#Cc1cccc(CNc2ncnc(Cl)c2N)c1. The Morgan fingerprint density at radius 2 is 2.22 bits per heavy atom. The maximum absolute atomic E-state index is 8.80. The van der Waals surface area contributed by atoms with Crippen LogP contribution < -0.4 is 11.1 Å². The fourth-order valence-electron chi connectivity index (χ4n) is 1.45. The average molecular weight is 260 g/mol. The van der Waals surface area contributed by atoms with Gasteiger partial charge in [-0.1, -0.05) is 23.7 Å². The van der Waals surface area contributed by atoms with E-state index in [1.165, 1.54) is 6.33 Å². The van der Waals surface area contributed by atoms with Gasteiger partial charge in [-0.3, -0.25) is 0 Å². The van der Waals surface area contributed by atoms with Gasteiger partial charge in [0.2, 0.25) is 0 Å². The van der Waals surface area contributed by atoms with E-state index in [0.717, 1.165) is 5.56 Å². The van der Waals surface area contributed by atoms with E-state index >= 15 is 0 Å². The van der Waals surface area contributed by atoms with Crippen molar-refractivity contribution in [3.05, 3.63) is 46.9 Å². The van der Waals surface area contributed by atoms with Crippen molar-refractivity contribution in [2.24, 2.45) is 0 Å². The molecule has 2 rings (SSSR count). The molecule has 0 radical (unpaired) electrons. The van der Waals surface area contributed by atoms with Gasteiger partial charge in [0.15, 0.2) is 11.0 Å². The first-order valence-corrected chi connectivity index (χ1v) is 5.57. The van der Waals surface area contributed by atoms with Crippen LogP contribution in [0.3, 0.4) is 0 Å². The molecular formula is C12H10ClN5. The third-order valence-corrected chi connectivity index (χ3v) is 2.65. The summed E-state index contributed by atoms with van der Waals surface area (Å²) in [5.74, 6) is 0.484. The van der Waals surface area contributed by atoms with E-state index in [1.54, 1.807) is 12.1 Å². The van der Waals surface area contributed by atoms with Crippen LogP contribution in [0.4, 0.5) is 11.5 Å². The highest BCUT2D eigenvalue weighted by molar-refractivity contribution is 6.32. The molecule has 1 heterocycles. The van der Waals surface area contributed by atoms with Gasteiger partial charge in [0.25, 0.3) is 0 Å². The fourth-order valence-corrected chi connectivity index (χ4v) is 1.58. The average Bonchev–Trinajstić information content (AvgIpc) is 2.41. The molecular weight excluding hydrogens is 250 g/mol. The first-order valence-electron chi connectivity index (χ1n) is 5.19. The van der Waals surface area contributed by atoms with Gasteiger partial charge in [0.1, 0.15) is 12.0 Å². The van der Waals surface area contributed by atoms with Crippen molar-refractivity contribution >= 4 is 23.1 Å². The molecule has 18 heavy (non-hydrogen) atoms. The summed E-state index contributed by atoms with van der Waals surface area (Å²) in [5.41, 5.74) is 7.62. The second kappa shape index (κ2) is 5.34. The minimum absolute atomic E-state index is 0.221. The van der Waals surface area contributed by atoms with E-state index in [-0.39, 0.29) is 5.15 Å². The minimum atomic E-state index is 0.221. The van der Waals surface area contributed by atoms with Crippen LogP contribution in [0.15, 0.2) is 30.6 Å². The molecule has 1 aromatic carbocycles. The van der Waals surface area contributed by atoms with Gasteiger partial charge in [0, 0.05) is 6.54 Å². The second-order valence-electron chi connectivity index (χ2n) is 3.59. The summed E-state index contributed by atoms with van der Waals surface area (Å²) in [4.78, 5) is 7.77. The summed E-state index contributed by atoms with van der Waals surface area (Å²) in [6.45, 7) is 0.507. The van der Waals surface area contributed by atoms with Crippen molar-refractivity contribution in [3.8, 4) is 6.07 Å². The van der Waals surface area contributed by atoms with Gasteiger partial charge in [-0.2, -0.15) is 5.26 Å². The molecule has 6 heteroatoms. The van der Waals surface area contributed by atoms with Crippen LogP contribution >= 0.6 is 11.6 Å². The predicted octanol–water partition coefficient (Wildman–Crippen LogP) is 2.20. The lowest BCUT2D eigenvalue weighted by Gasteiger charge is -2.08. The van der Waals surface area contributed by atoms with Crippen LogP contribution in [0.25, 0.3) is 0 Å². The van der Waals surface area contributed by atoms with E-state index in [2.05, 4.69) is 21.4 Å². The van der Waals surface area contributed by atoms with Crippen molar-refractivity contribution < 1.29 is 0 Å². The van der Waals surface area contributed by atoms with E-state index in [0.29, 0.717) is 23.6 Å². The number of nitrogens with one attached hydrogen (secondary N) is 1. The Hall–Kier alpha value is -2.32. The monoisotopic (exact) mass is 259 g/mol.